The Kier molecular flexibility index (Phi) is 6.23. The number of nitrogens with one attached hydrogen (secondary N) is 1. The third kappa shape index (κ3) is 4.84. The molecule has 0 radical (unpaired) electrons. The molecule has 1 aromatic heterocycles. The van der Waals surface area contributed by atoms with Gasteiger partial charge in [0.1, 0.15) is 12.0 Å². The first kappa shape index (κ1) is 19.0. The lowest BCUT2D eigenvalue weighted by atomic mass is 10.1. The molecule has 0 aliphatic carbocycles. The summed E-state index contributed by atoms with van der Waals surface area (Å²) in [7, 11) is 0. The highest BCUT2D eigenvalue weighted by molar-refractivity contribution is 5.79. The minimum atomic E-state index is 0.531. The van der Waals surface area contributed by atoms with E-state index in [2.05, 4.69) is 67.8 Å². The molecule has 0 aliphatic rings. The molecule has 0 unspecified atom stereocenters. The van der Waals surface area contributed by atoms with Crippen LogP contribution in [-0.2, 0) is 0 Å². The van der Waals surface area contributed by atoms with Gasteiger partial charge in [-0.15, -0.1) is 0 Å². The molecular formula is C20H31N5. The largest absolute Gasteiger partial charge is 0.393 e. The lowest BCUT2D eigenvalue weighted by Crippen LogP contribution is -2.32. The summed E-state index contributed by atoms with van der Waals surface area (Å²) in [6.07, 6.45) is 1.59. The molecule has 0 amide bonds. The van der Waals surface area contributed by atoms with Gasteiger partial charge in [0.05, 0.1) is 0 Å². The highest BCUT2D eigenvalue weighted by Crippen LogP contribution is 2.31. The van der Waals surface area contributed by atoms with Crippen LogP contribution in [0.3, 0.4) is 0 Å². The molecule has 0 aliphatic heterocycles. The molecule has 5 nitrogen and oxygen atoms in total. The molecule has 2 aromatic rings. The van der Waals surface area contributed by atoms with Gasteiger partial charge in [-0.25, -0.2) is 9.97 Å². The third-order valence-corrected chi connectivity index (χ3v) is 4.19. The van der Waals surface area contributed by atoms with Crippen LogP contribution < -0.4 is 16.0 Å². The minimum Gasteiger partial charge on any atom is -0.393 e. The van der Waals surface area contributed by atoms with Gasteiger partial charge in [-0.1, -0.05) is 39.8 Å². The normalized spacial score (nSPS) is 11.2. The molecule has 3 N–H and O–H groups in total. The molecule has 0 fully saturated rings. The van der Waals surface area contributed by atoms with Crippen LogP contribution in [-0.4, -0.2) is 23.1 Å². The van der Waals surface area contributed by atoms with Crippen LogP contribution in [0.2, 0.25) is 0 Å². The molecule has 5 heteroatoms. The van der Waals surface area contributed by atoms with Gasteiger partial charge in [0.2, 0.25) is 0 Å². The number of aryl methyl sites for hydroxylation is 1. The van der Waals surface area contributed by atoms with Gasteiger partial charge in [-0.3, -0.25) is 0 Å². The third-order valence-electron chi connectivity index (χ3n) is 4.19. The fourth-order valence-corrected chi connectivity index (χ4v) is 2.88. The number of nitrogens with two attached hydrogens (primary N) is 1. The average molecular weight is 342 g/mol. The van der Waals surface area contributed by atoms with Crippen molar-refractivity contribution in [1.29, 1.82) is 0 Å². The second-order valence-corrected chi connectivity index (χ2v) is 7.52. The van der Waals surface area contributed by atoms with Crippen molar-refractivity contribution in [1.82, 2.24) is 9.97 Å². The maximum atomic E-state index is 6.44. The van der Waals surface area contributed by atoms with Crippen molar-refractivity contribution in [3.63, 3.8) is 0 Å². The van der Waals surface area contributed by atoms with E-state index >= 15 is 0 Å². The zero-order valence-corrected chi connectivity index (χ0v) is 16.3. The van der Waals surface area contributed by atoms with Crippen molar-refractivity contribution >= 4 is 23.0 Å². The predicted molar refractivity (Wildman–Crippen MR) is 108 cm³/mol. The van der Waals surface area contributed by atoms with E-state index in [0.717, 1.165) is 24.6 Å². The van der Waals surface area contributed by atoms with Crippen molar-refractivity contribution < 1.29 is 0 Å². The zero-order chi connectivity index (χ0) is 18.6. The van der Waals surface area contributed by atoms with E-state index in [1.54, 1.807) is 6.33 Å². The first-order valence-corrected chi connectivity index (χ1v) is 8.98. The summed E-state index contributed by atoms with van der Waals surface area (Å²) in [5.74, 6) is 2.54. The van der Waals surface area contributed by atoms with E-state index in [4.69, 9.17) is 5.73 Å². The summed E-state index contributed by atoms with van der Waals surface area (Å²) in [6.45, 7) is 14.9. The van der Waals surface area contributed by atoms with Gasteiger partial charge in [0.15, 0.2) is 11.6 Å². The average Bonchev–Trinajstić information content (AvgIpc) is 2.52. The molecule has 2 rings (SSSR count). The molecule has 25 heavy (non-hydrogen) atoms. The van der Waals surface area contributed by atoms with E-state index < -0.39 is 0 Å². The van der Waals surface area contributed by atoms with Gasteiger partial charge in [0, 0.05) is 18.8 Å². The Bertz CT molecular complexity index is 699. The van der Waals surface area contributed by atoms with Crippen LogP contribution in [0.15, 0.2) is 24.5 Å². The smallest absolute Gasteiger partial charge is 0.159 e. The summed E-state index contributed by atoms with van der Waals surface area (Å²) in [4.78, 5) is 11.1. The number of aromatic nitrogens is 2. The van der Waals surface area contributed by atoms with Gasteiger partial charge < -0.3 is 16.0 Å². The number of nitrogen functional groups attached to an aromatic ring is 1. The number of rotatable bonds is 7. The summed E-state index contributed by atoms with van der Waals surface area (Å²) >= 11 is 0. The fraction of sp³-hybridized carbons (Fsp3) is 0.500. The van der Waals surface area contributed by atoms with Crippen molar-refractivity contribution in [2.24, 2.45) is 11.8 Å². The van der Waals surface area contributed by atoms with Crippen LogP contribution in [0.5, 0.6) is 0 Å². The summed E-state index contributed by atoms with van der Waals surface area (Å²) < 4.78 is 0. The predicted octanol–water partition coefficient (Wildman–Crippen LogP) is 4.54. The van der Waals surface area contributed by atoms with Gasteiger partial charge in [-0.2, -0.15) is 0 Å². The molecular weight excluding hydrogens is 310 g/mol. The fourth-order valence-electron chi connectivity index (χ4n) is 2.88. The molecule has 0 atom stereocenters. The van der Waals surface area contributed by atoms with Crippen LogP contribution in [0.1, 0.15) is 38.8 Å². The summed E-state index contributed by atoms with van der Waals surface area (Å²) in [6, 6.07) is 6.18. The Labute approximate surface area is 151 Å². The highest BCUT2D eigenvalue weighted by Gasteiger charge is 2.18. The first-order chi connectivity index (χ1) is 11.8. The summed E-state index contributed by atoms with van der Waals surface area (Å²) in [5.41, 5.74) is 10.5. The second-order valence-electron chi connectivity index (χ2n) is 7.52. The maximum absolute atomic E-state index is 6.44. The number of anilines is 4. The topological polar surface area (TPSA) is 67.1 Å². The minimum absolute atomic E-state index is 0.531. The summed E-state index contributed by atoms with van der Waals surface area (Å²) in [5, 5.41) is 3.38. The number of nitrogens with zero attached hydrogens (tertiary/aromatic N) is 3. The van der Waals surface area contributed by atoms with E-state index in [0.29, 0.717) is 23.3 Å². The molecule has 1 aromatic carbocycles. The Balaban J connectivity index is 2.35. The number of hydrogen-bond acceptors (Lipinski definition) is 5. The Morgan fingerprint density at radius 3 is 2.28 bits per heavy atom. The Morgan fingerprint density at radius 2 is 1.68 bits per heavy atom. The highest BCUT2D eigenvalue weighted by atomic mass is 15.2. The van der Waals surface area contributed by atoms with Crippen LogP contribution in [0.4, 0.5) is 23.0 Å². The van der Waals surface area contributed by atoms with Crippen molar-refractivity contribution in [3.8, 4) is 0 Å². The first-order valence-electron chi connectivity index (χ1n) is 8.98. The second kappa shape index (κ2) is 8.19. The van der Waals surface area contributed by atoms with Crippen molar-refractivity contribution in [3.05, 3.63) is 35.7 Å². The van der Waals surface area contributed by atoms with Crippen LogP contribution >= 0.6 is 0 Å². The Hall–Kier alpha value is -2.30. The lowest BCUT2D eigenvalue weighted by Gasteiger charge is -2.28. The zero-order valence-electron chi connectivity index (χ0n) is 16.3. The van der Waals surface area contributed by atoms with Crippen molar-refractivity contribution in [2.45, 2.75) is 41.5 Å². The van der Waals surface area contributed by atoms with E-state index in [-0.39, 0.29) is 0 Å². The quantitative estimate of drug-likeness (QED) is 0.774. The number of hydrogen-bond donors (Lipinski definition) is 2. The molecule has 0 saturated carbocycles. The van der Waals surface area contributed by atoms with Crippen molar-refractivity contribution in [2.75, 3.05) is 29.0 Å². The molecule has 136 valence electrons. The molecule has 0 bridgehead atoms. The van der Waals surface area contributed by atoms with E-state index in [1.807, 2.05) is 12.1 Å². The van der Waals surface area contributed by atoms with Gasteiger partial charge in [-0.05, 0) is 42.9 Å². The van der Waals surface area contributed by atoms with E-state index in [9.17, 15) is 0 Å². The maximum Gasteiger partial charge on any atom is 0.159 e. The lowest BCUT2D eigenvalue weighted by molar-refractivity contribution is 0.549. The standard InChI is InChI=1S/C20H31N5/c1-13(2)10-25(11-14(3)4)20-18(21)19(22-12-23-20)24-17-9-7-8-15(5)16(17)6/h7-9,12-14H,10-11,21H2,1-6H3,(H,22,23,24). The van der Waals surface area contributed by atoms with Crippen LogP contribution in [0, 0.1) is 25.7 Å². The molecule has 0 saturated heterocycles. The number of benzene rings is 1. The monoisotopic (exact) mass is 341 g/mol. The van der Waals surface area contributed by atoms with Gasteiger partial charge >= 0.3 is 0 Å². The Morgan fingerprint density at radius 1 is 1.04 bits per heavy atom. The molecule has 1 heterocycles. The van der Waals surface area contributed by atoms with E-state index in [1.165, 1.54) is 11.1 Å². The molecule has 0 spiro atoms. The van der Waals surface area contributed by atoms with Gasteiger partial charge in [0.25, 0.3) is 0 Å². The van der Waals surface area contributed by atoms with Crippen LogP contribution in [0.25, 0.3) is 0 Å². The SMILES string of the molecule is Cc1cccc(Nc2ncnc(N(CC(C)C)CC(C)C)c2N)c1C.